The normalized spacial score (nSPS) is 21.1. The molecule has 1 unspecified atom stereocenters. The minimum atomic E-state index is -0.374. The quantitative estimate of drug-likeness (QED) is 0.819. The average molecular weight is 302 g/mol. The van der Waals surface area contributed by atoms with Gasteiger partial charge >= 0.3 is 6.03 Å². The molecule has 0 aromatic heterocycles. The summed E-state index contributed by atoms with van der Waals surface area (Å²) in [7, 11) is 0. The van der Waals surface area contributed by atoms with Gasteiger partial charge in [0.1, 0.15) is 6.04 Å². The van der Waals surface area contributed by atoms with Crippen LogP contribution in [0.15, 0.2) is 30.3 Å². The lowest BCUT2D eigenvalue weighted by Crippen LogP contribution is -2.37. The van der Waals surface area contributed by atoms with Crippen LogP contribution in [0.2, 0.25) is 0 Å². The van der Waals surface area contributed by atoms with Gasteiger partial charge in [-0.25, -0.2) is 4.79 Å². The highest BCUT2D eigenvalue weighted by atomic mass is 16.2. The molecule has 1 aliphatic rings. The van der Waals surface area contributed by atoms with Gasteiger partial charge in [-0.3, -0.25) is 9.69 Å². The summed E-state index contributed by atoms with van der Waals surface area (Å²) in [5.41, 5.74) is 1.17. The predicted molar refractivity (Wildman–Crippen MR) is 87.5 cm³/mol. The molecular weight excluding hydrogens is 276 g/mol. The van der Waals surface area contributed by atoms with Crippen molar-refractivity contribution < 1.29 is 9.59 Å². The van der Waals surface area contributed by atoms with E-state index in [-0.39, 0.29) is 29.8 Å². The number of urea groups is 1. The Balaban J connectivity index is 2.17. The predicted octanol–water partition coefficient (Wildman–Crippen LogP) is 3.39. The Morgan fingerprint density at radius 1 is 1.14 bits per heavy atom. The maximum Gasteiger partial charge on any atom is 0.324 e. The van der Waals surface area contributed by atoms with Crippen molar-refractivity contribution in [2.24, 2.45) is 11.8 Å². The van der Waals surface area contributed by atoms with Gasteiger partial charge in [-0.15, -0.1) is 0 Å². The van der Waals surface area contributed by atoms with E-state index in [0.29, 0.717) is 12.5 Å². The zero-order valence-electron chi connectivity index (χ0n) is 13.9. The fourth-order valence-electron chi connectivity index (χ4n) is 2.93. The molecule has 1 heterocycles. The van der Waals surface area contributed by atoms with Crippen molar-refractivity contribution in [2.45, 2.75) is 46.1 Å². The Morgan fingerprint density at radius 2 is 1.77 bits per heavy atom. The molecule has 0 spiro atoms. The standard InChI is InChI=1S/C18H26N2O2/c1-5-13(4)16-17(21)20(18(22)19-16)11-15(12(2)3)14-9-7-6-8-10-14/h6-10,12-13,15-16H,5,11H2,1-4H3,(H,19,22)/t13-,15?,16-/m0/s1. The highest BCUT2D eigenvalue weighted by molar-refractivity contribution is 6.04. The van der Waals surface area contributed by atoms with Crippen LogP contribution in [0.5, 0.6) is 0 Å². The Labute approximate surface area is 132 Å². The first-order chi connectivity index (χ1) is 10.5. The monoisotopic (exact) mass is 302 g/mol. The lowest BCUT2D eigenvalue weighted by Gasteiger charge is -2.25. The maximum absolute atomic E-state index is 12.5. The summed E-state index contributed by atoms with van der Waals surface area (Å²) in [6.07, 6.45) is 0.872. The summed E-state index contributed by atoms with van der Waals surface area (Å²) in [5.74, 6) is 0.592. The van der Waals surface area contributed by atoms with Crippen LogP contribution in [0.4, 0.5) is 4.79 Å². The number of nitrogens with zero attached hydrogens (tertiary/aromatic N) is 1. The molecule has 22 heavy (non-hydrogen) atoms. The van der Waals surface area contributed by atoms with Gasteiger partial charge in [-0.1, -0.05) is 64.4 Å². The molecular formula is C18H26N2O2. The molecule has 1 aliphatic heterocycles. The number of hydrogen-bond acceptors (Lipinski definition) is 2. The number of amides is 3. The number of hydrogen-bond donors (Lipinski definition) is 1. The summed E-state index contributed by atoms with van der Waals surface area (Å²) in [6.45, 7) is 8.74. The van der Waals surface area contributed by atoms with E-state index >= 15 is 0 Å². The Hall–Kier alpha value is -1.84. The van der Waals surface area contributed by atoms with Crippen molar-refractivity contribution >= 4 is 11.9 Å². The van der Waals surface area contributed by atoms with Crippen molar-refractivity contribution in [1.82, 2.24) is 10.2 Å². The van der Waals surface area contributed by atoms with Crippen LogP contribution in [-0.2, 0) is 4.79 Å². The first kappa shape index (κ1) is 16.5. The SMILES string of the molecule is CC[C@H](C)[C@@H]1NC(=O)N(CC(c2ccccc2)C(C)C)C1=O. The highest BCUT2D eigenvalue weighted by Crippen LogP contribution is 2.27. The van der Waals surface area contributed by atoms with E-state index in [2.05, 4.69) is 31.3 Å². The number of carbonyl (C=O) groups is 2. The second-order valence-corrected chi connectivity index (χ2v) is 6.52. The lowest BCUT2D eigenvalue weighted by molar-refractivity contribution is -0.128. The van der Waals surface area contributed by atoms with E-state index in [4.69, 9.17) is 0 Å². The van der Waals surface area contributed by atoms with Crippen LogP contribution in [-0.4, -0.2) is 29.4 Å². The minimum Gasteiger partial charge on any atom is -0.326 e. The van der Waals surface area contributed by atoms with E-state index in [9.17, 15) is 9.59 Å². The molecule has 3 amide bonds. The van der Waals surface area contributed by atoms with Gasteiger partial charge in [0, 0.05) is 12.5 Å². The second-order valence-electron chi connectivity index (χ2n) is 6.52. The number of rotatable bonds is 6. The number of nitrogens with one attached hydrogen (secondary N) is 1. The summed E-state index contributed by atoms with van der Waals surface area (Å²) in [4.78, 5) is 26.1. The molecule has 0 radical (unpaired) electrons. The third kappa shape index (κ3) is 3.32. The van der Waals surface area contributed by atoms with Crippen LogP contribution in [0.3, 0.4) is 0 Å². The fraction of sp³-hybridized carbons (Fsp3) is 0.556. The Kier molecular flexibility index (Phi) is 5.22. The van der Waals surface area contributed by atoms with Crippen LogP contribution in [0, 0.1) is 11.8 Å². The van der Waals surface area contributed by atoms with Gasteiger partial charge < -0.3 is 5.32 Å². The summed E-state index contributed by atoms with van der Waals surface area (Å²) in [5, 5.41) is 2.84. The van der Waals surface area contributed by atoms with Gasteiger partial charge in [0.25, 0.3) is 5.91 Å². The summed E-state index contributed by atoms with van der Waals surface area (Å²) < 4.78 is 0. The zero-order valence-corrected chi connectivity index (χ0v) is 13.9. The van der Waals surface area contributed by atoms with Crippen molar-refractivity contribution in [1.29, 1.82) is 0 Å². The molecule has 4 heteroatoms. The van der Waals surface area contributed by atoms with Crippen molar-refractivity contribution in [3.05, 3.63) is 35.9 Å². The molecule has 0 bridgehead atoms. The first-order valence-electron chi connectivity index (χ1n) is 8.12. The summed E-state index contributed by atoms with van der Waals surface area (Å²) in [6, 6.07) is 9.48. The molecule has 2 rings (SSSR count). The largest absolute Gasteiger partial charge is 0.326 e. The van der Waals surface area contributed by atoms with Gasteiger partial charge in [0.05, 0.1) is 0 Å². The molecule has 0 aliphatic carbocycles. The molecule has 1 aromatic rings. The fourth-order valence-corrected chi connectivity index (χ4v) is 2.93. The van der Waals surface area contributed by atoms with Crippen LogP contribution < -0.4 is 5.32 Å². The van der Waals surface area contributed by atoms with Crippen molar-refractivity contribution in [2.75, 3.05) is 6.54 Å². The molecule has 4 nitrogen and oxygen atoms in total. The van der Waals surface area contributed by atoms with Crippen molar-refractivity contribution in [3.8, 4) is 0 Å². The van der Waals surface area contributed by atoms with E-state index in [0.717, 1.165) is 6.42 Å². The number of imide groups is 1. The molecule has 3 atom stereocenters. The first-order valence-corrected chi connectivity index (χ1v) is 8.12. The maximum atomic E-state index is 12.5. The van der Waals surface area contributed by atoms with Crippen molar-refractivity contribution in [3.63, 3.8) is 0 Å². The Morgan fingerprint density at radius 3 is 2.32 bits per heavy atom. The molecule has 1 N–H and O–H groups in total. The van der Waals surface area contributed by atoms with E-state index in [1.807, 2.05) is 32.0 Å². The topological polar surface area (TPSA) is 49.4 Å². The van der Waals surface area contributed by atoms with Crippen LogP contribution in [0.25, 0.3) is 0 Å². The smallest absolute Gasteiger partial charge is 0.324 e. The van der Waals surface area contributed by atoms with E-state index in [1.165, 1.54) is 10.5 Å². The van der Waals surface area contributed by atoms with Crippen LogP contribution >= 0.6 is 0 Å². The summed E-state index contributed by atoms with van der Waals surface area (Å²) >= 11 is 0. The third-order valence-electron chi connectivity index (χ3n) is 4.68. The average Bonchev–Trinajstić information content (AvgIpc) is 2.79. The highest BCUT2D eigenvalue weighted by Gasteiger charge is 2.41. The third-order valence-corrected chi connectivity index (χ3v) is 4.68. The minimum absolute atomic E-state index is 0.0825. The van der Waals surface area contributed by atoms with E-state index < -0.39 is 0 Å². The molecule has 1 saturated heterocycles. The molecule has 0 saturated carbocycles. The van der Waals surface area contributed by atoms with E-state index in [1.54, 1.807) is 0 Å². The van der Waals surface area contributed by atoms with Gasteiger partial charge in [-0.2, -0.15) is 0 Å². The zero-order chi connectivity index (χ0) is 16.3. The molecule has 1 fully saturated rings. The number of benzene rings is 1. The molecule has 120 valence electrons. The van der Waals surface area contributed by atoms with Gasteiger partial charge in [0.2, 0.25) is 0 Å². The van der Waals surface area contributed by atoms with Crippen LogP contribution in [0.1, 0.15) is 45.6 Å². The van der Waals surface area contributed by atoms with Gasteiger partial charge in [0.15, 0.2) is 0 Å². The number of carbonyl (C=O) groups excluding carboxylic acids is 2. The Bertz CT molecular complexity index is 527. The van der Waals surface area contributed by atoms with Gasteiger partial charge in [-0.05, 0) is 17.4 Å². The molecule has 1 aromatic carbocycles. The lowest BCUT2D eigenvalue weighted by atomic mass is 9.88. The second kappa shape index (κ2) is 6.95.